The molecule has 3 rings (SSSR count). The summed E-state index contributed by atoms with van der Waals surface area (Å²) in [5.41, 5.74) is -0.592. The largest absolute Gasteiger partial charge is 0.343 e. The van der Waals surface area contributed by atoms with E-state index in [-0.39, 0.29) is 43.2 Å². The Morgan fingerprint density at radius 1 is 1.11 bits per heavy atom. The van der Waals surface area contributed by atoms with Gasteiger partial charge in [0.15, 0.2) is 11.6 Å². The molecule has 0 saturated heterocycles. The number of hydrogen-bond acceptors (Lipinski definition) is 7. The van der Waals surface area contributed by atoms with Crippen LogP contribution < -0.4 is 5.32 Å². The van der Waals surface area contributed by atoms with Gasteiger partial charge in [-0.05, 0) is 31.9 Å². The maximum absolute atomic E-state index is 12.4. The second-order valence-corrected chi connectivity index (χ2v) is 8.63. The summed E-state index contributed by atoms with van der Waals surface area (Å²) in [6, 6.07) is 3.69. The summed E-state index contributed by atoms with van der Waals surface area (Å²) in [6.07, 6.45) is 4.08. The van der Waals surface area contributed by atoms with Gasteiger partial charge in [-0.15, -0.1) is 11.3 Å². The van der Waals surface area contributed by atoms with Gasteiger partial charge in [-0.1, -0.05) is 18.0 Å². The summed E-state index contributed by atoms with van der Waals surface area (Å²) in [6.45, 7) is 3.66. The monoisotopic (exact) mass is 403 g/mol. The maximum atomic E-state index is 12.4. The van der Waals surface area contributed by atoms with Crippen LogP contribution in [0.25, 0.3) is 0 Å². The molecule has 150 valence electrons. The fourth-order valence-corrected chi connectivity index (χ4v) is 4.38. The molecule has 0 bridgehead atoms. The molecule has 8 heteroatoms. The number of Topliss-reactive ketones (excluding diaryl/α,β-unsaturated/α-hetero) is 2. The number of carbonyl (C=O) groups is 3. The average Bonchev–Trinajstić information content (AvgIpc) is 3.40. The lowest BCUT2D eigenvalue weighted by Gasteiger charge is -2.26. The summed E-state index contributed by atoms with van der Waals surface area (Å²) < 4.78 is 5.08. The van der Waals surface area contributed by atoms with Gasteiger partial charge in [0.1, 0.15) is 11.3 Å². The van der Waals surface area contributed by atoms with Gasteiger partial charge in [0, 0.05) is 37.5 Å². The number of aryl methyl sites for hydroxylation is 2. The zero-order valence-electron chi connectivity index (χ0n) is 16.2. The molecule has 1 saturated carbocycles. The van der Waals surface area contributed by atoms with Crippen LogP contribution in [0.15, 0.2) is 16.7 Å². The van der Waals surface area contributed by atoms with E-state index in [1.165, 1.54) is 11.3 Å². The molecular formula is C20H25N3O4S. The summed E-state index contributed by atoms with van der Waals surface area (Å²) >= 11 is 1.44. The first kappa shape index (κ1) is 20.4. The van der Waals surface area contributed by atoms with Crippen molar-refractivity contribution in [1.29, 1.82) is 0 Å². The van der Waals surface area contributed by atoms with E-state index >= 15 is 0 Å². The fraction of sp³-hybridized carbons (Fsp3) is 0.550. The number of ketones is 2. The molecule has 7 nitrogen and oxygen atoms in total. The van der Waals surface area contributed by atoms with Crippen molar-refractivity contribution in [3.63, 3.8) is 0 Å². The van der Waals surface area contributed by atoms with Crippen molar-refractivity contribution in [2.45, 2.75) is 70.8 Å². The number of hydrogen-bond donors (Lipinski definition) is 1. The Balaban J connectivity index is 1.46. The molecule has 1 aliphatic rings. The molecule has 28 heavy (non-hydrogen) atoms. The molecule has 0 aromatic carbocycles. The highest BCUT2D eigenvalue weighted by molar-refractivity contribution is 7.14. The number of thiophene rings is 1. The van der Waals surface area contributed by atoms with Gasteiger partial charge in [0.05, 0.1) is 4.88 Å². The fourth-order valence-electron chi connectivity index (χ4n) is 3.54. The summed E-state index contributed by atoms with van der Waals surface area (Å²) in [7, 11) is 0. The van der Waals surface area contributed by atoms with Gasteiger partial charge in [-0.3, -0.25) is 14.4 Å². The summed E-state index contributed by atoms with van der Waals surface area (Å²) in [5.74, 6) is 0.689. The van der Waals surface area contributed by atoms with Crippen LogP contribution in [0, 0.1) is 13.8 Å². The minimum Gasteiger partial charge on any atom is -0.343 e. The third-order valence-electron chi connectivity index (χ3n) is 5.07. The smallest absolute Gasteiger partial charge is 0.223 e. The molecule has 1 aliphatic carbocycles. The molecule has 1 fully saturated rings. The van der Waals surface area contributed by atoms with Crippen molar-refractivity contribution >= 4 is 28.8 Å². The maximum Gasteiger partial charge on any atom is 0.223 e. The first-order chi connectivity index (χ1) is 13.4. The van der Waals surface area contributed by atoms with Gasteiger partial charge < -0.3 is 9.84 Å². The lowest BCUT2D eigenvalue weighted by molar-refractivity contribution is -0.126. The molecule has 2 aromatic heterocycles. The normalized spacial score (nSPS) is 15.5. The predicted octanol–water partition coefficient (Wildman–Crippen LogP) is 3.65. The zero-order valence-corrected chi connectivity index (χ0v) is 17.1. The SMILES string of the molecule is Cc1nc(C2(NC(=O)CCC(=O)CCC(=O)c3ccc(C)s3)CCCC2)no1. The molecule has 0 aliphatic heterocycles. The average molecular weight is 404 g/mol. The third-order valence-corrected chi connectivity index (χ3v) is 6.11. The van der Waals surface area contributed by atoms with E-state index in [2.05, 4.69) is 15.5 Å². The number of rotatable bonds is 9. The third kappa shape index (κ3) is 4.92. The molecule has 0 atom stereocenters. The number of amides is 1. The van der Waals surface area contributed by atoms with Crippen LogP contribution in [0.1, 0.15) is 77.6 Å². The Morgan fingerprint density at radius 2 is 1.82 bits per heavy atom. The standard InChI is InChI=1S/C20H25N3O4S/c1-13-5-9-17(28-13)16(25)8-6-15(24)7-10-18(26)22-20(11-3-4-12-20)19-21-14(2)27-23-19/h5,9H,3-4,6-8,10-12H2,1-2H3,(H,22,26). The van der Waals surface area contributed by atoms with Gasteiger partial charge in [-0.2, -0.15) is 4.98 Å². The Hall–Kier alpha value is -2.35. The topological polar surface area (TPSA) is 102 Å². The van der Waals surface area contributed by atoms with E-state index in [1.807, 2.05) is 13.0 Å². The van der Waals surface area contributed by atoms with E-state index in [4.69, 9.17) is 4.52 Å². The highest BCUT2D eigenvalue weighted by Crippen LogP contribution is 2.37. The van der Waals surface area contributed by atoms with Crippen LogP contribution in [0.5, 0.6) is 0 Å². The van der Waals surface area contributed by atoms with E-state index in [0.717, 1.165) is 30.6 Å². The number of aromatic nitrogens is 2. The molecule has 0 radical (unpaired) electrons. The molecule has 2 aromatic rings. The second kappa shape index (κ2) is 8.77. The van der Waals surface area contributed by atoms with Crippen molar-refractivity contribution in [3.05, 3.63) is 33.6 Å². The highest BCUT2D eigenvalue weighted by atomic mass is 32.1. The van der Waals surface area contributed by atoms with Crippen molar-refractivity contribution in [3.8, 4) is 0 Å². The van der Waals surface area contributed by atoms with Crippen LogP contribution in [0.3, 0.4) is 0 Å². The molecule has 1 N–H and O–H groups in total. The Bertz CT molecular complexity index is 864. The summed E-state index contributed by atoms with van der Waals surface area (Å²) in [4.78, 5) is 42.7. The first-order valence-electron chi connectivity index (χ1n) is 9.61. The molecule has 0 unspecified atom stereocenters. The van der Waals surface area contributed by atoms with Gasteiger partial charge >= 0.3 is 0 Å². The van der Waals surface area contributed by atoms with Crippen molar-refractivity contribution < 1.29 is 18.9 Å². The Morgan fingerprint density at radius 3 is 2.43 bits per heavy atom. The van der Waals surface area contributed by atoms with Crippen molar-refractivity contribution in [2.75, 3.05) is 0 Å². The minimum atomic E-state index is -0.592. The second-order valence-electron chi connectivity index (χ2n) is 7.35. The van der Waals surface area contributed by atoms with Crippen LogP contribution in [0.4, 0.5) is 0 Å². The minimum absolute atomic E-state index is 0.0201. The van der Waals surface area contributed by atoms with Crippen LogP contribution in [-0.4, -0.2) is 27.6 Å². The van der Waals surface area contributed by atoms with Crippen LogP contribution in [-0.2, 0) is 15.1 Å². The first-order valence-corrected chi connectivity index (χ1v) is 10.4. The van der Waals surface area contributed by atoms with Gasteiger partial charge in [0.25, 0.3) is 0 Å². The Labute approximate surface area is 167 Å². The molecule has 1 amide bonds. The molecular weight excluding hydrogens is 378 g/mol. The van der Waals surface area contributed by atoms with E-state index in [1.54, 1.807) is 13.0 Å². The lowest BCUT2D eigenvalue weighted by atomic mass is 9.96. The quantitative estimate of drug-likeness (QED) is 0.641. The number of carbonyl (C=O) groups excluding carboxylic acids is 3. The van der Waals surface area contributed by atoms with Crippen LogP contribution >= 0.6 is 11.3 Å². The molecule has 2 heterocycles. The van der Waals surface area contributed by atoms with Crippen LogP contribution in [0.2, 0.25) is 0 Å². The summed E-state index contributed by atoms with van der Waals surface area (Å²) in [5, 5.41) is 7.02. The Kier molecular flexibility index (Phi) is 6.39. The number of nitrogens with one attached hydrogen (secondary N) is 1. The number of nitrogens with zero attached hydrogens (tertiary/aromatic N) is 2. The predicted molar refractivity (Wildman–Crippen MR) is 104 cm³/mol. The zero-order chi connectivity index (χ0) is 20.1. The van der Waals surface area contributed by atoms with Crippen molar-refractivity contribution in [1.82, 2.24) is 15.5 Å². The highest BCUT2D eigenvalue weighted by Gasteiger charge is 2.41. The van der Waals surface area contributed by atoms with Gasteiger partial charge in [0.2, 0.25) is 11.8 Å². The van der Waals surface area contributed by atoms with Gasteiger partial charge in [-0.25, -0.2) is 0 Å². The van der Waals surface area contributed by atoms with E-state index in [9.17, 15) is 14.4 Å². The molecule has 0 spiro atoms. The van der Waals surface area contributed by atoms with Crippen molar-refractivity contribution in [2.24, 2.45) is 0 Å². The lowest BCUT2D eigenvalue weighted by Crippen LogP contribution is -2.44. The van der Waals surface area contributed by atoms with E-state index < -0.39 is 5.54 Å². The van der Waals surface area contributed by atoms with E-state index in [0.29, 0.717) is 16.6 Å².